The molecule has 6 nitrogen and oxygen atoms in total. The molecule has 23 heavy (non-hydrogen) atoms. The first-order valence-electron chi connectivity index (χ1n) is 5.10. The van der Waals surface area contributed by atoms with Crippen LogP contribution in [-0.2, 0) is 19.7 Å². The Balaban J connectivity index is 4.07. The van der Waals surface area contributed by atoms with E-state index in [4.69, 9.17) is 0 Å². The summed E-state index contributed by atoms with van der Waals surface area (Å²) in [5.74, 6) is -1.85. The molecule has 0 spiro atoms. The van der Waals surface area contributed by atoms with Gasteiger partial charge in [-0.05, 0) is 12.1 Å². The van der Waals surface area contributed by atoms with Crippen LogP contribution >= 0.6 is 0 Å². The minimum Gasteiger partial charge on any atom is -0.366 e. The van der Waals surface area contributed by atoms with Crippen molar-refractivity contribution in [3.05, 3.63) is 23.8 Å². The second kappa shape index (κ2) is 5.36. The minimum atomic E-state index is -6.61. The average molecular weight is 385 g/mol. The lowest BCUT2D eigenvalue weighted by Gasteiger charge is -2.16. The molecule has 1 amide bonds. The van der Waals surface area contributed by atoms with Crippen LogP contribution in [0.2, 0.25) is 0 Å². The zero-order valence-electron chi connectivity index (χ0n) is 10.4. The molecule has 0 heterocycles. The molecule has 2 N–H and O–H groups in total. The Bertz CT molecular complexity index is 853. The molecular formula is C9H5F6NO5S2. The fourth-order valence-corrected chi connectivity index (χ4v) is 3.98. The number of amides is 1. The SMILES string of the molecule is NC(=O)c1cccc(S(=O)(=O)C(F)(F)F)c1S(=O)(=O)C(F)(F)F. The van der Waals surface area contributed by atoms with Gasteiger partial charge in [0.25, 0.3) is 19.7 Å². The van der Waals surface area contributed by atoms with E-state index in [1.807, 2.05) is 0 Å². The Morgan fingerprint density at radius 3 is 1.65 bits per heavy atom. The van der Waals surface area contributed by atoms with E-state index in [9.17, 15) is 48.0 Å². The van der Waals surface area contributed by atoms with Gasteiger partial charge in [0.15, 0.2) is 0 Å². The molecule has 1 aromatic carbocycles. The maximum atomic E-state index is 12.6. The van der Waals surface area contributed by atoms with Crippen molar-refractivity contribution < 1.29 is 48.0 Å². The van der Waals surface area contributed by atoms with E-state index in [0.717, 1.165) is 0 Å². The lowest BCUT2D eigenvalue weighted by molar-refractivity contribution is -0.0456. The summed E-state index contributed by atoms with van der Waals surface area (Å²) in [5, 5.41) is 0. The largest absolute Gasteiger partial charge is 0.501 e. The Kier molecular flexibility index (Phi) is 4.48. The molecule has 0 radical (unpaired) electrons. The van der Waals surface area contributed by atoms with Gasteiger partial charge in [0.1, 0.15) is 4.90 Å². The van der Waals surface area contributed by atoms with Crippen LogP contribution in [0.4, 0.5) is 26.3 Å². The lowest BCUT2D eigenvalue weighted by Crippen LogP contribution is -2.31. The summed E-state index contributed by atoms with van der Waals surface area (Å²) in [5.41, 5.74) is -9.16. The second-order valence-corrected chi connectivity index (χ2v) is 7.68. The van der Waals surface area contributed by atoms with Gasteiger partial charge in [-0.15, -0.1) is 0 Å². The van der Waals surface area contributed by atoms with Gasteiger partial charge in [-0.25, -0.2) is 16.8 Å². The third-order valence-corrected chi connectivity index (χ3v) is 5.66. The molecule has 1 aromatic rings. The first kappa shape index (κ1) is 19.2. The smallest absolute Gasteiger partial charge is 0.366 e. The Morgan fingerprint density at radius 1 is 0.870 bits per heavy atom. The molecule has 0 bridgehead atoms. The van der Waals surface area contributed by atoms with E-state index >= 15 is 0 Å². The summed E-state index contributed by atoms with van der Waals surface area (Å²) < 4.78 is 121. The van der Waals surface area contributed by atoms with E-state index in [0.29, 0.717) is 12.1 Å². The Morgan fingerprint density at radius 2 is 1.30 bits per heavy atom. The van der Waals surface area contributed by atoms with E-state index in [1.54, 1.807) is 0 Å². The number of halogens is 6. The third-order valence-electron chi connectivity index (χ3n) is 2.41. The summed E-state index contributed by atoms with van der Waals surface area (Å²) in [6.45, 7) is 0. The molecule has 130 valence electrons. The number of benzene rings is 1. The summed E-state index contributed by atoms with van der Waals surface area (Å²) in [6, 6.07) is 0.790. The van der Waals surface area contributed by atoms with Gasteiger partial charge < -0.3 is 5.73 Å². The Hall–Kier alpha value is -1.83. The number of nitrogens with two attached hydrogens (primary N) is 1. The van der Waals surface area contributed by atoms with Crippen molar-refractivity contribution in [2.24, 2.45) is 5.73 Å². The van der Waals surface area contributed by atoms with Crippen molar-refractivity contribution in [2.75, 3.05) is 0 Å². The van der Waals surface area contributed by atoms with Gasteiger partial charge >= 0.3 is 11.0 Å². The number of carbonyl (C=O) groups excluding carboxylic acids is 1. The molecule has 0 atom stereocenters. The standard InChI is InChI=1S/C9H5F6NO5S2/c10-8(11,12)22(18,19)5-3-1-2-4(7(16)17)6(5)23(20,21)9(13,14)15/h1-3H,(H2,16,17). The van der Waals surface area contributed by atoms with Crippen LogP contribution in [0.15, 0.2) is 28.0 Å². The lowest BCUT2D eigenvalue weighted by atomic mass is 10.2. The van der Waals surface area contributed by atoms with E-state index in [1.165, 1.54) is 0 Å². The van der Waals surface area contributed by atoms with Crippen LogP contribution in [0, 0.1) is 0 Å². The third kappa shape index (κ3) is 3.12. The van der Waals surface area contributed by atoms with Crippen molar-refractivity contribution in [1.29, 1.82) is 0 Å². The summed E-state index contributed by atoms with van der Waals surface area (Å²) >= 11 is 0. The summed E-state index contributed by atoms with van der Waals surface area (Å²) in [4.78, 5) is 6.44. The van der Waals surface area contributed by atoms with Crippen LogP contribution in [0.3, 0.4) is 0 Å². The zero-order chi connectivity index (χ0) is 18.4. The van der Waals surface area contributed by atoms with Crippen molar-refractivity contribution in [2.45, 2.75) is 20.8 Å². The molecule has 14 heteroatoms. The highest BCUT2D eigenvalue weighted by molar-refractivity contribution is 7.95. The van der Waals surface area contributed by atoms with Crippen molar-refractivity contribution in [1.82, 2.24) is 0 Å². The van der Waals surface area contributed by atoms with E-state index in [-0.39, 0.29) is 6.07 Å². The second-order valence-electron chi connectivity index (χ2n) is 3.90. The quantitative estimate of drug-likeness (QED) is 0.790. The highest BCUT2D eigenvalue weighted by Gasteiger charge is 2.55. The van der Waals surface area contributed by atoms with Gasteiger partial charge in [0.05, 0.1) is 10.5 Å². The fraction of sp³-hybridized carbons (Fsp3) is 0.222. The van der Waals surface area contributed by atoms with Crippen LogP contribution in [0.1, 0.15) is 10.4 Å². The number of carbonyl (C=O) groups is 1. The highest BCUT2D eigenvalue weighted by atomic mass is 32.2. The molecule has 0 aliphatic rings. The summed E-state index contributed by atoms with van der Waals surface area (Å²) in [6.07, 6.45) is 0. The molecule has 0 fully saturated rings. The predicted molar refractivity (Wildman–Crippen MR) is 61.4 cm³/mol. The van der Waals surface area contributed by atoms with Gasteiger partial charge in [0, 0.05) is 0 Å². The predicted octanol–water partition coefficient (Wildman–Crippen LogP) is 1.37. The fourth-order valence-electron chi connectivity index (χ4n) is 1.44. The van der Waals surface area contributed by atoms with Crippen molar-refractivity contribution in [3.63, 3.8) is 0 Å². The normalized spacial score (nSPS) is 13.8. The summed E-state index contributed by atoms with van der Waals surface area (Å²) in [7, 11) is -13.1. The van der Waals surface area contributed by atoms with Gasteiger partial charge in [-0.1, -0.05) is 6.07 Å². The topological polar surface area (TPSA) is 111 Å². The first-order valence-corrected chi connectivity index (χ1v) is 8.07. The molecule has 0 aliphatic carbocycles. The van der Waals surface area contributed by atoms with Crippen molar-refractivity contribution >= 4 is 25.6 Å². The van der Waals surface area contributed by atoms with Crippen molar-refractivity contribution in [3.8, 4) is 0 Å². The zero-order valence-corrected chi connectivity index (χ0v) is 12.1. The number of primary amides is 1. The molecular weight excluding hydrogens is 380 g/mol. The van der Waals surface area contributed by atoms with Gasteiger partial charge in [-0.2, -0.15) is 26.3 Å². The molecule has 0 unspecified atom stereocenters. The molecule has 1 rings (SSSR count). The minimum absolute atomic E-state index is 0.0200. The maximum absolute atomic E-state index is 12.6. The van der Waals surface area contributed by atoms with Crippen LogP contribution in [0.5, 0.6) is 0 Å². The first-order chi connectivity index (χ1) is 10.0. The van der Waals surface area contributed by atoms with Crippen LogP contribution < -0.4 is 5.73 Å². The molecule has 0 aromatic heterocycles. The molecule has 0 saturated heterocycles. The van der Waals surface area contributed by atoms with E-state index < -0.39 is 52.0 Å². The van der Waals surface area contributed by atoms with E-state index in [2.05, 4.69) is 5.73 Å². The number of sulfone groups is 2. The van der Waals surface area contributed by atoms with Crippen LogP contribution in [-0.4, -0.2) is 33.8 Å². The number of alkyl halides is 6. The Labute approximate surface area is 124 Å². The maximum Gasteiger partial charge on any atom is 0.501 e. The number of hydrogen-bond donors (Lipinski definition) is 1. The number of hydrogen-bond acceptors (Lipinski definition) is 5. The van der Waals surface area contributed by atoms with Crippen LogP contribution in [0.25, 0.3) is 0 Å². The molecule has 0 saturated carbocycles. The van der Waals surface area contributed by atoms with Gasteiger partial charge in [-0.3, -0.25) is 4.79 Å². The molecule has 0 aliphatic heterocycles. The number of rotatable bonds is 3. The highest BCUT2D eigenvalue weighted by Crippen LogP contribution is 2.40. The van der Waals surface area contributed by atoms with Gasteiger partial charge in [0.2, 0.25) is 5.91 Å². The monoisotopic (exact) mass is 385 g/mol. The average Bonchev–Trinajstić information content (AvgIpc) is 2.34.